The van der Waals surface area contributed by atoms with Crippen molar-refractivity contribution in [2.45, 2.75) is 18.9 Å². The van der Waals surface area contributed by atoms with Crippen molar-refractivity contribution in [3.63, 3.8) is 0 Å². The number of aromatic nitrogens is 2. The summed E-state index contributed by atoms with van der Waals surface area (Å²) in [6, 6.07) is 0.559. The second-order valence-corrected chi connectivity index (χ2v) is 3.10. The van der Waals surface area contributed by atoms with Crippen LogP contribution in [0.5, 0.6) is 0 Å². The van der Waals surface area contributed by atoms with Crippen molar-refractivity contribution in [2.75, 3.05) is 6.54 Å². The summed E-state index contributed by atoms with van der Waals surface area (Å²) >= 11 is 0. The van der Waals surface area contributed by atoms with Crippen molar-refractivity contribution in [3.05, 3.63) is 18.0 Å². The van der Waals surface area contributed by atoms with Gasteiger partial charge in [0.25, 0.3) is 0 Å². The van der Waals surface area contributed by atoms with Gasteiger partial charge in [0, 0.05) is 24.8 Å². The average Bonchev–Trinajstić information content (AvgIpc) is 2.55. The molecule has 2 rings (SSSR count). The van der Waals surface area contributed by atoms with Gasteiger partial charge in [0.2, 0.25) is 0 Å². The summed E-state index contributed by atoms with van der Waals surface area (Å²) in [6.07, 6.45) is 6.58. The Morgan fingerprint density at radius 3 is 3.18 bits per heavy atom. The number of rotatable bonds is 1. The Morgan fingerprint density at radius 1 is 1.73 bits per heavy atom. The maximum atomic E-state index is 4.14. The van der Waals surface area contributed by atoms with Crippen molar-refractivity contribution >= 4 is 0 Å². The molecule has 1 N–H and O–H groups in total. The van der Waals surface area contributed by atoms with Gasteiger partial charge in [-0.3, -0.25) is 4.68 Å². The molecule has 3 nitrogen and oxygen atoms in total. The van der Waals surface area contributed by atoms with Crippen LogP contribution in [0.1, 0.15) is 24.4 Å². The molecule has 0 aliphatic carbocycles. The molecular formula is C8H13N3. The van der Waals surface area contributed by atoms with E-state index in [1.807, 2.05) is 17.9 Å². The molecular weight excluding hydrogens is 138 g/mol. The third kappa shape index (κ3) is 1.28. The first-order valence-electron chi connectivity index (χ1n) is 4.08. The zero-order valence-electron chi connectivity index (χ0n) is 6.75. The van der Waals surface area contributed by atoms with Gasteiger partial charge in [-0.25, -0.2) is 0 Å². The van der Waals surface area contributed by atoms with Crippen LogP contribution in [0.4, 0.5) is 0 Å². The molecule has 1 aromatic heterocycles. The Labute approximate surface area is 66.4 Å². The average molecular weight is 151 g/mol. The topological polar surface area (TPSA) is 29.9 Å². The molecule has 3 heteroatoms. The quantitative estimate of drug-likeness (QED) is 0.644. The number of hydrogen-bond acceptors (Lipinski definition) is 2. The summed E-state index contributed by atoms with van der Waals surface area (Å²) in [7, 11) is 1.96. The van der Waals surface area contributed by atoms with Gasteiger partial charge in [-0.1, -0.05) is 0 Å². The van der Waals surface area contributed by atoms with Crippen molar-refractivity contribution in [1.29, 1.82) is 0 Å². The summed E-state index contributed by atoms with van der Waals surface area (Å²) < 4.78 is 1.86. The van der Waals surface area contributed by atoms with E-state index >= 15 is 0 Å². The Morgan fingerprint density at radius 2 is 2.64 bits per heavy atom. The second-order valence-electron chi connectivity index (χ2n) is 3.10. The molecule has 1 aliphatic heterocycles. The summed E-state index contributed by atoms with van der Waals surface area (Å²) in [4.78, 5) is 0. The fourth-order valence-electron chi connectivity index (χ4n) is 1.59. The third-order valence-corrected chi connectivity index (χ3v) is 2.19. The van der Waals surface area contributed by atoms with Gasteiger partial charge in [0.15, 0.2) is 0 Å². The van der Waals surface area contributed by atoms with E-state index in [9.17, 15) is 0 Å². The minimum absolute atomic E-state index is 0.559. The zero-order valence-corrected chi connectivity index (χ0v) is 6.75. The molecule has 60 valence electrons. The van der Waals surface area contributed by atoms with E-state index in [1.54, 1.807) is 0 Å². The lowest BCUT2D eigenvalue weighted by molar-refractivity contribution is 0.646. The minimum Gasteiger partial charge on any atom is -0.310 e. The van der Waals surface area contributed by atoms with Crippen molar-refractivity contribution in [2.24, 2.45) is 7.05 Å². The maximum Gasteiger partial charge on any atom is 0.0537 e. The van der Waals surface area contributed by atoms with Gasteiger partial charge in [0.05, 0.1) is 6.20 Å². The lowest BCUT2D eigenvalue weighted by Crippen LogP contribution is -2.11. The predicted molar refractivity (Wildman–Crippen MR) is 43.2 cm³/mol. The highest BCUT2D eigenvalue weighted by molar-refractivity contribution is 5.11. The zero-order chi connectivity index (χ0) is 7.68. The van der Waals surface area contributed by atoms with Crippen LogP contribution in [-0.4, -0.2) is 16.3 Å². The van der Waals surface area contributed by atoms with E-state index in [-0.39, 0.29) is 0 Å². The number of aryl methyl sites for hydroxylation is 1. The summed E-state index contributed by atoms with van der Waals surface area (Å²) in [5, 5.41) is 7.57. The van der Waals surface area contributed by atoms with Gasteiger partial charge >= 0.3 is 0 Å². The maximum absolute atomic E-state index is 4.14. The Bertz CT molecular complexity index is 235. The lowest BCUT2D eigenvalue weighted by atomic mass is 10.1. The van der Waals surface area contributed by atoms with Crippen molar-refractivity contribution in [1.82, 2.24) is 15.1 Å². The molecule has 1 aliphatic rings. The molecule has 1 atom stereocenters. The number of nitrogens with zero attached hydrogens (tertiary/aromatic N) is 2. The smallest absolute Gasteiger partial charge is 0.0537 e. The SMILES string of the molecule is Cn1cc([C@H]2CCCN2)cn1. The number of hydrogen-bond donors (Lipinski definition) is 1. The van der Waals surface area contributed by atoms with Crippen LogP contribution in [0.25, 0.3) is 0 Å². The summed E-state index contributed by atoms with van der Waals surface area (Å²) in [5.41, 5.74) is 1.32. The second kappa shape index (κ2) is 2.66. The van der Waals surface area contributed by atoms with Crippen LogP contribution in [0.15, 0.2) is 12.4 Å². The van der Waals surface area contributed by atoms with Gasteiger partial charge < -0.3 is 5.32 Å². The first kappa shape index (κ1) is 6.85. The molecule has 0 bridgehead atoms. The van der Waals surface area contributed by atoms with Crippen molar-refractivity contribution in [3.8, 4) is 0 Å². The predicted octanol–water partition coefficient (Wildman–Crippen LogP) is 0.845. The number of nitrogens with one attached hydrogen (secondary N) is 1. The molecule has 0 spiro atoms. The molecule has 0 unspecified atom stereocenters. The Hall–Kier alpha value is -0.830. The molecule has 1 saturated heterocycles. The molecule has 0 amide bonds. The van der Waals surface area contributed by atoms with Crippen LogP contribution in [0.2, 0.25) is 0 Å². The van der Waals surface area contributed by atoms with Crippen LogP contribution in [0.3, 0.4) is 0 Å². The van der Waals surface area contributed by atoms with Crippen LogP contribution >= 0.6 is 0 Å². The largest absolute Gasteiger partial charge is 0.310 e. The minimum atomic E-state index is 0.559. The first-order valence-corrected chi connectivity index (χ1v) is 4.08. The summed E-state index contributed by atoms with van der Waals surface area (Å²) in [5.74, 6) is 0. The molecule has 0 radical (unpaired) electrons. The lowest BCUT2D eigenvalue weighted by Gasteiger charge is -2.04. The molecule has 0 saturated carbocycles. The highest BCUT2D eigenvalue weighted by Gasteiger charge is 2.16. The van der Waals surface area contributed by atoms with Gasteiger partial charge in [-0.15, -0.1) is 0 Å². The van der Waals surface area contributed by atoms with E-state index in [0.717, 1.165) is 6.54 Å². The molecule has 0 aromatic carbocycles. The third-order valence-electron chi connectivity index (χ3n) is 2.19. The van der Waals surface area contributed by atoms with Crippen LogP contribution < -0.4 is 5.32 Å². The molecule has 11 heavy (non-hydrogen) atoms. The van der Waals surface area contributed by atoms with Crippen molar-refractivity contribution < 1.29 is 0 Å². The van der Waals surface area contributed by atoms with Crippen LogP contribution in [-0.2, 0) is 7.05 Å². The van der Waals surface area contributed by atoms with Gasteiger partial charge in [-0.05, 0) is 19.4 Å². The highest BCUT2D eigenvalue weighted by atomic mass is 15.2. The molecule has 1 fully saturated rings. The van der Waals surface area contributed by atoms with Gasteiger partial charge in [0.1, 0.15) is 0 Å². The standard InChI is InChI=1S/C8H13N3/c1-11-6-7(5-10-11)8-3-2-4-9-8/h5-6,8-9H,2-4H2,1H3/t8-/m1/s1. The monoisotopic (exact) mass is 151 g/mol. The van der Waals surface area contributed by atoms with Crippen LogP contribution in [0, 0.1) is 0 Å². The van der Waals surface area contributed by atoms with E-state index in [2.05, 4.69) is 16.6 Å². The van der Waals surface area contributed by atoms with E-state index in [4.69, 9.17) is 0 Å². The Balaban J connectivity index is 2.15. The van der Waals surface area contributed by atoms with Gasteiger partial charge in [-0.2, -0.15) is 5.10 Å². The summed E-state index contributed by atoms with van der Waals surface area (Å²) in [6.45, 7) is 1.15. The Kier molecular flexibility index (Phi) is 1.66. The highest BCUT2D eigenvalue weighted by Crippen LogP contribution is 2.21. The van der Waals surface area contributed by atoms with E-state index in [1.165, 1.54) is 18.4 Å². The fraction of sp³-hybridized carbons (Fsp3) is 0.625. The normalized spacial score (nSPS) is 24.3. The molecule has 2 heterocycles. The van der Waals surface area contributed by atoms with E-state index < -0.39 is 0 Å². The first-order chi connectivity index (χ1) is 5.36. The fourth-order valence-corrected chi connectivity index (χ4v) is 1.59. The van der Waals surface area contributed by atoms with E-state index in [0.29, 0.717) is 6.04 Å². The molecule has 1 aromatic rings.